The molecule has 88 valence electrons. The minimum Gasteiger partial charge on any atom is -0.457 e. The fraction of sp³-hybridized carbons (Fsp3) is 0.308. The number of ether oxygens (including phenoxy) is 2. The highest BCUT2D eigenvalue weighted by atomic mass is 16.7. The van der Waals surface area contributed by atoms with Gasteiger partial charge < -0.3 is 13.9 Å². The van der Waals surface area contributed by atoms with E-state index in [9.17, 15) is 4.79 Å². The van der Waals surface area contributed by atoms with E-state index >= 15 is 0 Å². The molecule has 0 amide bonds. The van der Waals surface area contributed by atoms with Crippen molar-refractivity contribution >= 4 is 11.0 Å². The van der Waals surface area contributed by atoms with E-state index in [1.807, 2.05) is 6.92 Å². The van der Waals surface area contributed by atoms with Gasteiger partial charge in [0.15, 0.2) is 16.8 Å². The second kappa shape index (κ2) is 3.80. The summed E-state index contributed by atoms with van der Waals surface area (Å²) in [7, 11) is 0. The van der Waals surface area contributed by atoms with Gasteiger partial charge in [0, 0.05) is 12.5 Å². The molecule has 1 aliphatic rings. The first kappa shape index (κ1) is 10.2. The quantitative estimate of drug-likeness (QED) is 0.798. The summed E-state index contributed by atoms with van der Waals surface area (Å²) in [5.74, 6) is 1.86. The maximum atomic E-state index is 11.9. The molecule has 0 atom stereocenters. The van der Waals surface area contributed by atoms with Crippen molar-refractivity contribution < 1.29 is 13.9 Å². The van der Waals surface area contributed by atoms with Crippen LogP contribution in [-0.2, 0) is 6.42 Å². The average molecular weight is 232 g/mol. The van der Waals surface area contributed by atoms with Crippen molar-refractivity contribution in [2.75, 3.05) is 6.79 Å². The zero-order valence-electron chi connectivity index (χ0n) is 9.49. The summed E-state index contributed by atoms with van der Waals surface area (Å²) < 4.78 is 16.3. The van der Waals surface area contributed by atoms with Crippen molar-refractivity contribution in [2.24, 2.45) is 0 Å². The molecule has 2 aromatic rings. The molecule has 1 aliphatic heterocycles. The second-order valence-electron chi connectivity index (χ2n) is 4.00. The van der Waals surface area contributed by atoms with Crippen molar-refractivity contribution in [3.8, 4) is 11.5 Å². The summed E-state index contributed by atoms with van der Waals surface area (Å²) in [5.41, 5.74) is 0.462. The molecule has 0 fully saturated rings. The lowest BCUT2D eigenvalue weighted by Crippen LogP contribution is -2.02. The molecule has 3 rings (SSSR count). The first-order chi connectivity index (χ1) is 8.29. The summed E-state index contributed by atoms with van der Waals surface area (Å²) in [6, 6.07) is 5.00. The number of benzene rings is 1. The van der Waals surface area contributed by atoms with Crippen LogP contribution in [0.1, 0.15) is 19.1 Å². The van der Waals surface area contributed by atoms with Crippen LogP contribution in [0.2, 0.25) is 0 Å². The first-order valence-electron chi connectivity index (χ1n) is 5.65. The molecule has 0 bridgehead atoms. The van der Waals surface area contributed by atoms with E-state index in [1.54, 1.807) is 18.2 Å². The van der Waals surface area contributed by atoms with Crippen molar-refractivity contribution in [3.05, 3.63) is 34.2 Å². The Balaban J connectivity index is 2.31. The molecule has 0 radical (unpaired) electrons. The third kappa shape index (κ3) is 1.56. The maximum Gasteiger partial charge on any atom is 0.231 e. The molecular weight excluding hydrogens is 220 g/mol. The highest BCUT2D eigenvalue weighted by Gasteiger charge is 2.20. The minimum absolute atomic E-state index is 0.0343. The zero-order chi connectivity index (χ0) is 11.8. The smallest absolute Gasteiger partial charge is 0.231 e. The molecule has 0 saturated carbocycles. The predicted octanol–water partition coefficient (Wildman–Crippen LogP) is 2.47. The highest BCUT2D eigenvalue weighted by Crippen LogP contribution is 2.38. The third-order valence-corrected chi connectivity index (χ3v) is 2.78. The van der Waals surface area contributed by atoms with E-state index < -0.39 is 0 Å². The van der Waals surface area contributed by atoms with Crippen LogP contribution >= 0.6 is 0 Å². The second-order valence-corrected chi connectivity index (χ2v) is 4.00. The van der Waals surface area contributed by atoms with Crippen LogP contribution in [0, 0.1) is 0 Å². The Kier molecular flexibility index (Phi) is 2.28. The SMILES string of the molecule is CCCc1cc(=O)c2ccc3c(c2o1)OCO3. The molecule has 17 heavy (non-hydrogen) atoms. The van der Waals surface area contributed by atoms with Crippen molar-refractivity contribution in [2.45, 2.75) is 19.8 Å². The Morgan fingerprint density at radius 1 is 1.29 bits per heavy atom. The van der Waals surface area contributed by atoms with Crippen LogP contribution in [-0.4, -0.2) is 6.79 Å². The third-order valence-electron chi connectivity index (χ3n) is 2.78. The molecule has 0 N–H and O–H groups in total. The van der Waals surface area contributed by atoms with Gasteiger partial charge in [0.2, 0.25) is 12.5 Å². The fourth-order valence-electron chi connectivity index (χ4n) is 2.00. The zero-order valence-corrected chi connectivity index (χ0v) is 9.49. The summed E-state index contributed by atoms with van der Waals surface area (Å²) in [6.07, 6.45) is 1.68. The van der Waals surface area contributed by atoms with Gasteiger partial charge in [-0.1, -0.05) is 6.92 Å². The molecule has 0 aliphatic carbocycles. The Morgan fingerprint density at radius 2 is 2.18 bits per heavy atom. The van der Waals surface area contributed by atoms with E-state index in [4.69, 9.17) is 13.9 Å². The summed E-state index contributed by atoms with van der Waals surface area (Å²) >= 11 is 0. The summed E-state index contributed by atoms with van der Waals surface area (Å²) in [6.45, 7) is 2.22. The highest BCUT2D eigenvalue weighted by molar-refractivity contribution is 5.85. The molecule has 1 aromatic heterocycles. The number of fused-ring (bicyclic) bond motifs is 3. The molecule has 1 aromatic carbocycles. The van der Waals surface area contributed by atoms with Crippen molar-refractivity contribution in [1.82, 2.24) is 0 Å². The molecule has 0 unspecified atom stereocenters. The lowest BCUT2D eigenvalue weighted by molar-refractivity contribution is 0.174. The number of aryl methyl sites for hydroxylation is 1. The molecule has 2 heterocycles. The van der Waals surface area contributed by atoms with Gasteiger partial charge in [-0.25, -0.2) is 0 Å². The van der Waals surface area contributed by atoms with Crippen LogP contribution in [0.3, 0.4) is 0 Å². The van der Waals surface area contributed by atoms with E-state index in [1.165, 1.54) is 0 Å². The number of rotatable bonds is 2. The summed E-state index contributed by atoms with van der Waals surface area (Å²) in [5, 5.41) is 0.536. The van der Waals surface area contributed by atoms with Gasteiger partial charge in [-0.15, -0.1) is 0 Å². The Bertz CT molecular complexity index is 627. The minimum atomic E-state index is -0.0343. The normalized spacial score (nSPS) is 13.2. The first-order valence-corrected chi connectivity index (χ1v) is 5.65. The Morgan fingerprint density at radius 3 is 3.00 bits per heavy atom. The van der Waals surface area contributed by atoms with Crippen molar-refractivity contribution in [3.63, 3.8) is 0 Å². The van der Waals surface area contributed by atoms with Crippen LogP contribution in [0.25, 0.3) is 11.0 Å². The van der Waals surface area contributed by atoms with Crippen LogP contribution in [0.5, 0.6) is 11.5 Å². The molecule has 4 nitrogen and oxygen atoms in total. The van der Waals surface area contributed by atoms with Gasteiger partial charge in [0.25, 0.3) is 0 Å². The lowest BCUT2D eigenvalue weighted by atomic mass is 10.1. The van der Waals surface area contributed by atoms with Crippen molar-refractivity contribution in [1.29, 1.82) is 0 Å². The van der Waals surface area contributed by atoms with E-state index in [0.717, 1.165) is 12.8 Å². The monoisotopic (exact) mass is 232 g/mol. The Labute approximate surface area is 97.8 Å². The molecule has 4 heteroatoms. The van der Waals surface area contributed by atoms with E-state index in [0.29, 0.717) is 28.2 Å². The maximum absolute atomic E-state index is 11.9. The fourth-order valence-corrected chi connectivity index (χ4v) is 2.00. The van der Waals surface area contributed by atoms with Crippen LogP contribution in [0.15, 0.2) is 27.4 Å². The van der Waals surface area contributed by atoms with Crippen LogP contribution < -0.4 is 14.9 Å². The predicted molar refractivity (Wildman–Crippen MR) is 62.6 cm³/mol. The topological polar surface area (TPSA) is 48.7 Å². The molecule has 0 saturated heterocycles. The van der Waals surface area contributed by atoms with Gasteiger partial charge in [-0.05, 0) is 18.6 Å². The molecular formula is C13H12O4. The lowest BCUT2D eigenvalue weighted by Gasteiger charge is -2.04. The van der Waals surface area contributed by atoms with Gasteiger partial charge >= 0.3 is 0 Å². The average Bonchev–Trinajstić information content (AvgIpc) is 2.77. The largest absolute Gasteiger partial charge is 0.457 e. The van der Waals surface area contributed by atoms with Crippen LogP contribution in [0.4, 0.5) is 0 Å². The standard InChI is InChI=1S/C13H12O4/c1-2-3-8-6-10(14)9-4-5-11-13(12(9)17-8)16-7-15-11/h4-6H,2-3,7H2,1H3. The summed E-state index contributed by atoms with van der Waals surface area (Å²) in [4.78, 5) is 11.9. The van der Waals surface area contributed by atoms with Gasteiger partial charge in [-0.2, -0.15) is 0 Å². The van der Waals surface area contributed by atoms with Gasteiger partial charge in [0.05, 0.1) is 5.39 Å². The number of hydrogen-bond donors (Lipinski definition) is 0. The van der Waals surface area contributed by atoms with Gasteiger partial charge in [0.1, 0.15) is 5.76 Å². The van der Waals surface area contributed by atoms with E-state index in [2.05, 4.69) is 0 Å². The molecule has 0 spiro atoms. The number of hydrogen-bond acceptors (Lipinski definition) is 4. The van der Waals surface area contributed by atoms with E-state index in [-0.39, 0.29) is 12.2 Å². The Hall–Kier alpha value is -1.97. The van der Waals surface area contributed by atoms with Gasteiger partial charge in [-0.3, -0.25) is 4.79 Å².